The van der Waals surface area contributed by atoms with Crippen LogP contribution in [0.25, 0.3) is 0 Å². The number of benzene rings is 1. The molecule has 208 valence electrons. The Morgan fingerprint density at radius 2 is 1.97 bits per heavy atom. The topological polar surface area (TPSA) is 104 Å². The third-order valence-electron chi connectivity index (χ3n) is 10.3. The molecule has 3 fully saturated rings. The number of hydrogen-bond acceptors (Lipinski definition) is 7. The van der Waals surface area contributed by atoms with E-state index in [1.165, 1.54) is 38.8 Å². The van der Waals surface area contributed by atoms with Crippen molar-refractivity contribution in [1.82, 2.24) is 14.8 Å². The first-order valence-electron chi connectivity index (χ1n) is 14.7. The number of piperidine rings is 3. The van der Waals surface area contributed by atoms with E-state index < -0.39 is 0 Å². The van der Waals surface area contributed by atoms with Crippen LogP contribution in [0.15, 0.2) is 41.2 Å². The molecule has 0 aliphatic carbocycles. The molecule has 6 heterocycles. The second kappa shape index (κ2) is 9.94. The minimum Gasteiger partial charge on any atom is -0.733 e. The van der Waals surface area contributed by atoms with Crippen LogP contribution in [-0.4, -0.2) is 58.8 Å². The predicted molar refractivity (Wildman–Crippen MR) is 149 cm³/mol. The van der Waals surface area contributed by atoms with Gasteiger partial charge in [-0.1, -0.05) is 12.5 Å². The van der Waals surface area contributed by atoms with Crippen molar-refractivity contribution in [1.29, 1.82) is 0 Å². The summed E-state index contributed by atoms with van der Waals surface area (Å²) >= 11 is 0. The van der Waals surface area contributed by atoms with Gasteiger partial charge in [-0.05, 0) is 93.3 Å². The minimum atomic E-state index is -0.287. The summed E-state index contributed by atoms with van der Waals surface area (Å²) in [5.74, 6) is 0.654. The van der Waals surface area contributed by atoms with E-state index >= 15 is 0 Å². The molecular weight excluding hydrogens is 494 g/mol. The van der Waals surface area contributed by atoms with Crippen molar-refractivity contribution in [2.75, 3.05) is 36.3 Å². The smallest absolute Gasteiger partial charge is 0.250 e. The van der Waals surface area contributed by atoms with Crippen molar-refractivity contribution < 1.29 is 10.0 Å². The summed E-state index contributed by atoms with van der Waals surface area (Å²) < 4.78 is 1.92. The summed E-state index contributed by atoms with van der Waals surface area (Å²) in [6.45, 7) is 4.41. The zero-order chi connectivity index (χ0) is 26.7. The maximum atomic E-state index is 14.0. The largest absolute Gasteiger partial charge is 0.733 e. The van der Waals surface area contributed by atoms with Crippen LogP contribution >= 0.6 is 0 Å². The van der Waals surface area contributed by atoms with Gasteiger partial charge >= 0.3 is 0 Å². The van der Waals surface area contributed by atoms with Crippen LogP contribution < -0.4 is 21.0 Å². The fourth-order valence-corrected chi connectivity index (χ4v) is 8.64. The number of carbonyl (C=O) groups is 1. The summed E-state index contributed by atoms with van der Waals surface area (Å²) in [5.41, 5.74) is 3.23. The monoisotopic (exact) mass is 532 g/mol. The van der Waals surface area contributed by atoms with E-state index in [0.29, 0.717) is 31.5 Å². The Labute approximate surface area is 228 Å². The first-order chi connectivity index (χ1) is 19.0. The molecule has 5 aliphatic rings. The number of nitrogens with zero attached hydrogens (tertiary/aromatic N) is 4. The summed E-state index contributed by atoms with van der Waals surface area (Å²) in [5, 5.41) is 24.5. The molecule has 3 saturated heterocycles. The third-order valence-corrected chi connectivity index (χ3v) is 10.3. The summed E-state index contributed by atoms with van der Waals surface area (Å²) in [6, 6.07) is 11.4. The van der Waals surface area contributed by atoms with Gasteiger partial charge in [0.05, 0.1) is 11.6 Å². The number of pyridine rings is 1. The fraction of sp³-hybridized carbons (Fsp3) is 0.600. The molecule has 0 saturated carbocycles. The number of anilines is 2. The second-order valence-corrected chi connectivity index (χ2v) is 12.4. The van der Waals surface area contributed by atoms with E-state index in [0.717, 1.165) is 36.3 Å². The lowest BCUT2D eigenvalue weighted by molar-refractivity contribution is -0.127. The van der Waals surface area contributed by atoms with Crippen LogP contribution in [-0.2, 0) is 17.8 Å². The van der Waals surface area contributed by atoms with Crippen molar-refractivity contribution in [3.8, 4) is 0 Å². The summed E-state index contributed by atoms with van der Waals surface area (Å²) in [4.78, 5) is 31.8. The summed E-state index contributed by atoms with van der Waals surface area (Å²) in [7, 11) is 0. The molecule has 9 heteroatoms. The lowest BCUT2D eigenvalue weighted by atomic mass is 9.70. The number of amides is 1. The lowest BCUT2D eigenvalue weighted by Gasteiger charge is -2.54. The first kappa shape index (κ1) is 25.1. The van der Waals surface area contributed by atoms with Crippen LogP contribution in [0, 0.1) is 23.0 Å². The molecule has 1 amide bonds. The van der Waals surface area contributed by atoms with Crippen LogP contribution in [0.1, 0.15) is 55.7 Å². The number of fused-ring (bicyclic) bond motifs is 9. The molecule has 7 rings (SSSR count). The summed E-state index contributed by atoms with van der Waals surface area (Å²) in [6.07, 6.45) is 7.61. The minimum absolute atomic E-state index is 0.0186. The molecule has 1 aromatic heterocycles. The highest BCUT2D eigenvalue weighted by molar-refractivity contribution is 5.82. The maximum absolute atomic E-state index is 14.0. The fourth-order valence-electron chi connectivity index (χ4n) is 8.64. The number of nitrogens with one attached hydrogen (secondary N) is 1. The first-order valence-corrected chi connectivity index (χ1v) is 14.7. The number of rotatable bonds is 4. The van der Waals surface area contributed by atoms with Gasteiger partial charge in [0.1, 0.15) is 0 Å². The van der Waals surface area contributed by atoms with Crippen LogP contribution in [0.5, 0.6) is 0 Å². The SMILES string of the molecule is O=C(NCC1CCCN2CCCCC12)C1Cc2cc(N([O-])O)ccc2N2CC3CC(Cn4c3cccc4=O)C12. The quantitative estimate of drug-likeness (QED) is 0.583. The van der Waals surface area contributed by atoms with Crippen LogP contribution in [0.3, 0.4) is 0 Å². The molecule has 2 bridgehead atoms. The van der Waals surface area contributed by atoms with E-state index in [1.807, 2.05) is 16.7 Å². The standard InChI is InChI=1S/C30H38N5O4/c36-28-8-3-7-26-21-13-22(18-33(26)28)29-24(15-20-14-23(35(38)39)9-10-27(20)34(29)17-21)30(37)31-16-19-5-4-12-32-11-2-1-6-25(19)32/h3,7-10,14,19,21-22,24-25,29,38H,1-2,4-6,11-13,15-18H2,(H,31,37)/q-1. The van der Waals surface area contributed by atoms with Crippen molar-refractivity contribution >= 4 is 17.3 Å². The molecule has 0 radical (unpaired) electrons. The molecular formula is C30H38N5O4-. The van der Waals surface area contributed by atoms with Crippen molar-refractivity contribution in [2.24, 2.45) is 17.8 Å². The number of aromatic nitrogens is 1. The number of carbonyl (C=O) groups excluding carboxylic acids is 1. The Morgan fingerprint density at radius 3 is 2.85 bits per heavy atom. The Kier molecular flexibility index (Phi) is 6.40. The third kappa shape index (κ3) is 4.35. The Hall–Kier alpha value is -2.88. The Morgan fingerprint density at radius 1 is 1.10 bits per heavy atom. The molecule has 9 nitrogen and oxygen atoms in total. The second-order valence-electron chi connectivity index (χ2n) is 12.4. The van der Waals surface area contributed by atoms with Gasteiger partial charge in [-0.3, -0.25) is 14.8 Å². The van der Waals surface area contributed by atoms with Gasteiger partial charge in [0.25, 0.3) is 5.56 Å². The molecule has 6 atom stereocenters. The average molecular weight is 533 g/mol. The average Bonchev–Trinajstić information content (AvgIpc) is 2.95. The molecule has 2 N–H and O–H groups in total. The van der Waals surface area contributed by atoms with E-state index in [2.05, 4.69) is 21.2 Å². The molecule has 1 aromatic carbocycles. The van der Waals surface area contributed by atoms with Gasteiger partial charge in [0, 0.05) is 55.1 Å². The highest BCUT2D eigenvalue weighted by Crippen LogP contribution is 2.47. The molecule has 2 aromatic rings. The number of hydrogen-bond donors (Lipinski definition) is 2. The predicted octanol–water partition coefficient (Wildman–Crippen LogP) is 3.09. The van der Waals surface area contributed by atoms with Crippen molar-refractivity contribution in [3.63, 3.8) is 0 Å². The Bertz CT molecular complexity index is 1310. The van der Waals surface area contributed by atoms with Crippen molar-refractivity contribution in [3.05, 3.63) is 63.2 Å². The van der Waals surface area contributed by atoms with Gasteiger partial charge in [0.2, 0.25) is 5.91 Å². The van der Waals surface area contributed by atoms with Gasteiger partial charge < -0.3 is 30.1 Å². The zero-order valence-corrected chi connectivity index (χ0v) is 22.4. The van der Waals surface area contributed by atoms with Crippen LogP contribution in [0.4, 0.5) is 11.4 Å². The van der Waals surface area contributed by atoms with Crippen molar-refractivity contribution in [2.45, 2.75) is 69.5 Å². The van der Waals surface area contributed by atoms with Gasteiger partial charge in [0.15, 0.2) is 0 Å². The van der Waals surface area contributed by atoms with Gasteiger partial charge in [-0.25, -0.2) is 0 Å². The Balaban J connectivity index is 1.19. The van der Waals surface area contributed by atoms with Crippen LogP contribution in [0.2, 0.25) is 0 Å². The highest BCUT2D eigenvalue weighted by Gasteiger charge is 2.49. The van der Waals surface area contributed by atoms with Gasteiger partial charge in [-0.15, -0.1) is 0 Å². The zero-order valence-electron chi connectivity index (χ0n) is 22.4. The normalized spacial score (nSPS) is 31.4. The highest BCUT2D eigenvalue weighted by atomic mass is 16.8. The maximum Gasteiger partial charge on any atom is 0.250 e. The van der Waals surface area contributed by atoms with E-state index in [4.69, 9.17) is 0 Å². The molecule has 39 heavy (non-hydrogen) atoms. The van der Waals surface area contributed by atoms with E-state index in [1.54, 1.807) is 18.2 Å². The molecule has 0 spiro atoms. The lowest BCUT2D eigenvalue weighted by Crippen LogP contribution is -2.61. The van der Waals surface area contributed by atoms with E-state index in [9.17, 15) is 20.0 Å². The molecule has 5 aliphatic heterocycles. The van der Waals surface area contributed by atoms with Gasteiger partial charge in [-0.2, -0.15) is 0 Å². The molecule has 6 unspecified atom stereocenters. The van der Waals surface area contributed by atoms with E-state index in [-0.39, 0.29) is 46.2 Å².